The number of ether oxygens (including phenoxy) is 1. The van der Waals surface area contributed by atoms with Crippen molar-refractivity contribution in [3.05, 3.63) is 35.4 Å². The molecule has 1 aromatic carbocycles. The van der Waals surface area contributed by atoms with Crippen LogP contribution in [0.5, 0.6) is 11.5 Å². The Bertz CT molecular complexity index is 1190. The summed E-state index contributed by atoms with van der Waals surface area (Å²) in [6.45, 7) is 0. The highest BCUT2D eigenvalue weighted by Gasteiger charge is 2.76. The number of hydroxylamine groups is 2. The summed E-state index contributed by atoms with van der Waals surface area (Å²) in [7, 11) is 1.43. The maximum atomic E-state index is 13.6. The molecule has 4 amide bonds. The Labute approximate surface area is 212 Å². The molecule has 2 heterocycles. The Morgan fingerprint density at radius 3 is 2.47 bits per heavy atom. The molecule has 0 aromatic heterocycles. The molecule has 34 heavy (non-hydrogen) atoms. The number of phenolic OH excluding ortho intramolecular Hbond substituents is 1. The summed E-state index contributed by atoms with van der Waals surface area (Å²) in [4.78, 5) is 49.2. The normalized spacial score (nSPS) is 36.9. The summed E-state index contributed by atoms with van der Waals surface area (Å²) >= 11 is 17.2. The molecule has 9 nitrogen and oxygen atoms in total. The van der Waals surface area contributed by atoms with E-state index in [1.165, 1.54) is 19.2 Å². The van der Waals surface area contributed by atoms with Crippen molar-refractivity contribution in [2.45, 2.75) is 28.5 Å². The predicted molar refractivity (Wildman–Crippen MR) is 122 cm³/mol. The van der Waals surface area contributed by atoms with E-state index in [2.05, 4.69) is 15.9 Å². The molecule has 0 radical (unpaired) electrons. The SMILES string of the molecule is COc1ccc([C@H]2C3=CC[C@@H]4C(=O)N(O)C(=O)[C@@H]4[C@@H]3C[C@@]3(Cl)C(=O)N(CBr)C(=O)[C@@]23Cl)c(O)c1. The van der Waals surface area contributed by atoms with Crippen molar-refractivity contribution in [2.75, 3.05) is 12.6 Å². The molecule has 0 bridgehead atoms. The molecule has 3 fully saturated rings. The van der Waals surface area contributed by atoms with E-state index in [9.17, 15) is 29.5 Å². The van der Waals surface area contributed by atoms with Crippen LogP contribution in [0.25, 0.3) is 0 Å². The van der Waals surface area contributed by atoms with E-state index in [0.717, 1.165) is 4.90 Å². The zero-order valence-electron chi connectivity index (χ0n) is 17.7. The summed E-state index contributed by atoms with van der Waals surface area (Å²) in [6.07, 6.45) is 1.64. The number of imide groups is 2. The van der Waals surface area contributed by atoms with Crippen LogP contribution in [0.1, 0.15) is 24.3 Å². The molecule has 1 saturated carbocycles. The molecule has 4 aliphatic rings. The number of alkyl halides is 3. The van der Waals surface area contributed by atoms with Gasteiger partial charge in [-0.2, -0.15) is 5.06 Å². The molecular formula is C22H19BrCl2N2O7. The zero-order valence-corrected chi connectivity index (χ0v) is 20.8. The first kappa shape index (κ1) is 23.6. The van der Waals surface area contributed by atoms with Crippen LogP contribution in [0.4, 0.5) is 0 Å². The first-order valence-electron chi connectivity index (χ1n) is 10.5. The van der Waals surface area contributed by atoms with Crippen LogP contribution in [-0.4, -0.2) is 66.2 Å². The lowest BCUT2D eigenvalue weighted by Gasteiger charge is -2.50. The van der Waals surface area contributed by atoms with Gasteiger partial charge in [-0.25, -0.2) is 0 Å². The fraction of sp³-hybridized carbons (Fsp3) is 0.455. The van der Waals surface area contributed by atoms with E-state index in [1.807, 2.05) is 0 Å². The second-order valence-corrected chi connectivity index (χ2v) is 10.6. The van der Waals surface area contributed by atoms with Gasteiger partial charge in [0.2, 0.25) is 0 Å². The number of hydrogen-bond acceptors (Lipinski definition) is 7. The molecule has 6 atom stereocenters. The Morgan fingerprint density at radius 2 is 1.85 bits per heavy atom. The average Bonchev–Trinajstić information content (AvgIpc) is 3.12. The van der Waals surface area contributed by atoms with Crippen molar-refractivity contribution in [1.82, 2.24) is 9.96 Å². The third kappa shape index (κ3) is 2.71. The Kier molecular flexibility index (Phi) is 5.33. The highest BCUT2D eigenvalue weighted by molar-refractivity contribution is 9.09. The fourth-order valence-corrected chi connectivity index (χ4v) is 7.39. The number of hydrogen-bond donors (Lipinski definition) is 2. The predicted octanol–water partition coefficient (Wildman–Crippen LogP) is 2.50. The second kappa shape index (κ2) is 7.68. The van der Waals surface area contributed by atoms with Crippen molar-refractivity contribution < 1.29 is 34.2 Å². The van der Waals surface area contributed by atoms with Gasteiger partial charge in [0, 0.05) is 17.5 Å². The minimum absolute atomic E-state index is 0.113. The minimum Gasteiger partial charge on any atom is -0.508 e. The largest absolute Gasteiger partial charge is 0.508 e. The number of amides is 4. The lowest BCUT2D eigenvalue weighted by molar-refractivity contribution is -0.173. The zero-order chi connectivity index (χ0) is 24.7. The Morgan fingerprint density at radius 1 is 1.15 bits per heavy atom. The standard InChI is InChI=1S/C22H19BrCl2N2O7/c1-34-9-2-3-11(14(28)6-9)16-10-4-5-12-15(18(30)27(33)17(12)29)13(10)7-21(24)19(31)26(8-23)20(32)22(16,21)25/h2-4,6,12-13,15-16,28,33H,5,7-8H2,1H3/t12-,13+,15-,16+,21+,22-/m0/s1. The van der Waals surface area contributed by atoms with Gasteiger partial charge in [0.15, 0.2) is 9.75 Å². The topological polar surface area (TPSA) is 124 Å². The molecule has 0 spiro atoms. The highest BCUT2D eigenvalue weighted by atomic mass is 79.9. The number of carbonyl (C=O) groups is 4. The van der Waals surface area contributed by atoms with E-state index in [-0.39, 0.29) is 34.7 Å². The summed E-state index contributed by atoms with van der Waals surface area (Å²) in [5.41, 5.74) is 0.597. The quantitative estimate of drug-likeness (QED) is 0.187. The molecule has 1 aromatic rings. The number of fused-ring (bicyclic) bond motifs is 4. The van der Waals surface area contributed by atoms with Crippen LogP contribution in [-0.2, 0) is 19.2 Å². The van der Waals surface area contributed by atoms with Crippen molar-refractivity contribution in [3.63, 3.8) is 0 Å². The molecular weight excluding hydrogens is 555 g/mol. The number of benzene rings is 1. The van der Waals surface area contributed by atoms with Crippen LogP contribution in [0.2, 0.25) is 0 Å². The van der Waals surface area contributed by atoms with Crippen LogP contribution < -0.4 is 4.74 Å². The van der Waals surface area contributed by atoms with Gasteiger partial charge in [-0.15, -0.1) is 23.2 Å². The molecule has 12 heteroatoms. The maximum Gasteiger partial charge on any atom is 0.257 e. The molecule has 2 saturated heterocycles. The van der Waals surface area contributed by atoms with E-state index < -0.39 is 57.0 Å². The summed E-state index contributed by atoms with van der Waals surface area (Å²) in [5, 5.41) is 21.0. The van der Waals surface area contributed by atoms with E-state index in [1.54, 1.807) is 12.1 Å². The molecule has 0 unspecified atom stereocenters. The number of methoxy groups -OCH3 is 1. The molecule has 180 valence electrons. The summed E-state index contributed by atoms with van der Waals surface area (Å²) in [5.74, 6) is -6.51. The molecule has 2 aliphatic heterocycles. The van der Waals surface area contributed by atoms with Gasteiger partial charge in [-0.3, -0.25) is 29.3 Å². The molecule has 5 rings (SSSR count). The lowest BCUT2D eigenvalue weighted by atomic mass is 9.56. The van der Waals surface area contributed by atoms with Crippen LogP contribution >= 0.6 is 39.1 Å². The van der Waals surface area contributed by atoms with Crippen LogP contribution in [0, 0.1) is 17.8 Å². The van der Waals surface area contributed by atoms with Gasteiger partial charge >= 0.3 is 0 Å². The second-order valence-electron chi connectivity index (χ2n) is 8.90. The van der Waals surface area contributed by atoms with E-state index in [4.69, 9.17) is 27.9 Å². The maximum absolute atomic E-state index is 13.6. The van der Waals surface area contributed by atoms with Gasteiger partial charge < -0.3 is 9.84 Å². The number of rotatable bonds is 3. The van der Waals surface area contributed by atoms with Crippen molar-refractivity contribution in [1.29, 1.82) is 0 Å². The Balaban J connectivity index is 1.76. The van der Waals surface area contributed by atoms with Crippen molar-refractivity contribution >= 4 is 62.8 Å². The highest BCUT2D eigenvalue weighted by Crippen LogP contribution is 2.66. The van der Waals surface area contributed by atoms with Gasteiger partial charge in [-0.1, -0.05) is 33.6 Å². The van der Waals surface area contributed by atoms with Crippen LogP contribution in [0.3, 0.4) is 0 Å². The fourth-order valence-electron chi connectivity index (χ4n) is 5.98. The lowest BCUT2D eigenvalue weighted by Crippen LogP contribution is -2.60. The van der Waals surface area contributed by atoms with Crippen molar-refractivity contribution in [3.8, 4) is 11.5 Å². The van der Waals surface area contributed by atoms with E-state index >= 15 is 0 Å². The summed E-state index contributed by atoms with van der Waals surface area (Å²) < 4.78 is 5.16. The number of halogens is 3. The number of nitrogens with zero attached hydrogens (tertiary/aromatic N) is 2. The third-order valence-electron chi connectivity index (χ3n) is 7.54. The monoisotopic (exact) mass is 572 g/mol. The molecule has 2 aliphatic carbocycles. The summed E-state index contributed by atoms with van der Waals surface area (Å²) in [6, 6.07) is 4.46. The van der Waals surface area contributed by atoms with Gasteiger partial charge in [-0.05, 0) is 24.8 Å². The Hall–Kier alpha value is -2.14. The number of carbonyl (C=O) groups excluding carboxylic acids is 4. The smallest absolute Gasteiger partial charge is 0.257 e. The van der Waals surface area contributed by atoms with E-state index in [0.29, 0.717) is 11.3 Å². The number of aromatic hydroxyl groups is 1. The van der Waals surface area contributed by atoms with Gasteiger partial charge in [0.05, 0.1) is 24.4 Å². The van der Waals surface area contributed by atoms with Crippen LogP contribution in [0.15, 0.2) is 29.8 Å². The number of allylic oxidation sites excluding steroid dienone is 2. The average molecular weight is 574 g/mol. The molecule has 2 N–H and O–H groups in total. The van der Waals surface area contributed by atoms with Gasteiger partial charge in [0.1, 0.15) is 11.5 Å². The minimum atomic E-state index is -2.01. The first-order chi connectivity index (χ1) is 16.0. The number of likely N-dealkylation sites (tertiary alicyclic amines) is 1. The first-order valence-corrected chi connectivity index (χ1v) is 12.3. The van der Waals surface area contributed by atoms with Gasteiger partial charge in [0.25, 0.3) is 23.6 Å². The number of phenols is 1. The third-order valence-corrected chi connectivity index (χ3v) is 9.45. The van der Waals surface area contributed by atoms with Crippen molar-refractivity contribution in [2.24, 2.45) is 17.8 Å².